The number of nitrogens with zero attached hydrogens (tertiary/aromatic N) is 3. The van der Waals surface area contributed by atoms with Crippen LogP contribution in [0.4, 0.5) is 0 Å². The Hall–Kier alpha value is -3.47. The molecule has 0 bridgehead atoms. The van der Waals surface area contributed by atoms with Crippen LogP contribution in [0.1, 0.15) is 24.1 Å². The van der Waals surface area contributed by atoms with Crippen LogP contribution in [0.15, 0.2) is 79.1 Å². The Morgan fingerprint density at radius 1 is 1.04 bits per heavy atom. The van der Waals surface area contributed by atoms with Crippen molar-refractivity contribution in [3.63, 3.8) is 0 Å². The van der Waals surface area contributed by atoms with Gasteiger partial charge < -0.3 is 4.74 Å². The second-order valence-corrected chi connectivity index (χ2v) is 6.52. The Labute approximate surface area is 163 Å². The third-order valence-corrected chi connectivity index (χ3v) is 4.73. The quantitative estimate of drug-likeness (QED) is 0.475. The average molecular weight is 371 g/mol. The number of carbonyl (C=O) groups is 1. The molecule has 0 radical (unpaired) electrons. The van der Waals surface area contributed by atoms with E-state index >= 15 is 0 Å². The van der Waals surface area contributed by atoms with E-state index in [1.807, 2.05) is 73.7 Å². The molecular weight excluding hydrogens is 350 g/mol. The van der Waals surface area contributed by atoms with Crippen molar-refractivity contribution in [3.8, 4) is 11.1 Å². The fourth-order valence-corrected chi connectivity index (χ4v) is 3.40. The molecular formula is C23H21N3O2. The molecule has 0 aliphatic rings. The minimum absolute atomic E-state index is 0.254. The van der Waals surface area contributed by atoms with Crippen LogP contribution in [0.2, 0.25) is 0 Å². The number of fused-ring (bicyclic) bond motifs is 1. The van der Waals surface area contributed by atoms with Crippen LogP contribution in [0.3, 0.4) is 0 Å². The molecule has 0 N–H and O–H groups in total. The van der Waals surface area contributed by atoms with Crippen molar-refractivity contribution in [3.05, 3.63) is 90.4 Å². The number of hydrogen-bond donors (Lipinski definition) is 0. The number of carbonyl (C=O) groups excluding carboxylic acids is 1. The predicted molar refractivity (Wildman–Crippen MR) is 108 cm³/mol. The van der Waals surface area contributed by atoms with E-state index in [4.69, 9.17) is 4.74 Å². The van der Waals surface area contributed by atoms with Gasteiger partial charge in [0.2, 0.25) is 0 Å². The lowest BCUT2D eigenvalue weighted by molar-refractivity contribution is -0.145. The van der Waals surface area contributed by atoms with E-state index in [0.717, 1.165) is 28.0 Å². The zero-order chi connectivity index (χ0) is 19.3. The molecule has 1 atom stereocenters. The summed E-state index contributed by atoms with van der Waals surface area (Å²) in [5.41, 5.74) is 4.55. The fourth-order valence-electron chi connectivity index (χ4n) is 3.40. The van der Waals surface area contributed by atoms with Crippen LogP contribution in [-0.2, 0) is 16.0 Å². The van der Waals surface area contributed by atoms with Gasteiger partial charge in [0.15, 0.2) is 5.65 Å². The van der Waals surface area contributed by atoms with E-state index in [1.165, 1.54) is 0 Å². The van der Waals surface area contributed by atoms with E-state index in [-0.39, 0.29) is 5.97 Å². The van der Waals surface area contributed by atoms with Crippen LogP contribution < -0.4 is 0 Å². The molecule has 140 valence electrons. The first-order chi connectivity index (χ1) is 13.8. The van der Waals surface area contributed by atoms with E-state index in [0.29, 0.717) is 13.0 Å². The Balaban J connectivity index is 1.80. The number of ether oxygens (including phenoxy) is 1. The second kappa shape index (κ2) is 8.05. The topological polar surface area (TPSA) is 56.5 Å². The fraction of sp³-hybridized carbons (Fsp3) is 0.174. The zero-order valence-electron chi connectivity index (χ0n) is 15.7. The van der Waals surface area contributed by atoms with Gasteiger partial charge >= 0.3 is 5.97 Å². The largest absolute Gasteiger partial charge is 0.465 e. The molecule has 2 heterocycles. The molecule has 5 heteroatoms. The van der Waals surface area contributed by atoms with Gasteiger partial charge in [-0.25, -0.2) is 9.50 Å². The molecule has 0 saturated carbocycles. The molecule has 0 spiro atoms. The number of benzene rings is 2. The van der Waals surface area contributed by atoms with Crippen LogP contribution >= 0.6 is 0 Å². The lowest BCUT2D eigenvalue weighted by atomic mass is 9.96. The third kappa shape index (κ3) is 3.51. The van der Waals surface area contributed by atoms with Crippen molar-refractivity contribution >= 4 is 11.6 Å². The van der Waals surface area contributed by atoms with Gasteiger partial charge in [-0.1, -0.05) is 60.7 Å². The van der Waals surface area contributed by atoms with E-state index < -0.39 is 5.92 Å². The van der Waals surface area contributed by atoms with Gasteiger partial charge in [-0.05, 0) is 30.5 Å². The van der Waals surface area contributed by atoms with Crippen molar-refractivity contribution < 1.29 is 9.53 Å². The van der Waals surface area contributed by atoms with Gasteiger partial charge in [0, 0.05) is 11.8 Å². The highest BCUT2D eigenvalue weighted by Crippen LogP contribution is 2.27. The molecule has 0 amide bonds. The summed E-state index contributed by atoms with van der Waals surface area (Å²) < 4.78 is 7.13. The maximum atomic E-state index is 12.8. The maximum absolute atomic E-state index is 12.8. The van der Waals surface area contributed by atoms with Crippen molar-refractivity contribution in [2.45, 2.75) is 19.3 Å². The second-order valence-electron chi connectivity index (χ2n) is 6.52. The number of rotatable bonds is 6. The van der Waals surface area contributed by atoms with Crippen molar-refractivity contribution in [1.82, 2.24) is 14.6 Å². The molecule has 0 aliphatic heterocycles. The minimum atomic E-state index is -0.462. The highest BCUT2D eigenvalue weighted by molar-refractivity contribution is 5.80. The Morgan fingerprint density at radius 3 is 2.46 bits per heavy atom. The van der Waals surface area contributed by atoms with Gasteiger partial charge in [0.25, 0.3) is 0 Å². The normalized spacial score (nSPS) is 12.0. The lowest BCUT2D eigenvalue weighted by Crippen LogP contribution is -2.21. The molecule has 4 aromatic rings. The first-order valence-corrected chi connectivity index (χ1v) is 9.36. The van der Waals surface area contributed by atoms with Gasteiger partial charge in [0.05, 0.1) is 18.5 Å². The summed E-state index contributed by atoms with van der Waals surface area (Å²) in [5, 5.41) is 4.55. The lowest BCUT2D eigenvalue weighted by Gasteiger charge is -2.17. The Morgan fingerprint density at radius 2 is 1.75 bits per heavy atom. The first-order valence-electron chi connectivity index (χ1n) is 9.36. The Bertz CT molecular complexity index is 1070. The molecule has 0 saturated heterocycles. The number of aromatic nitrogens is 3. The summed E-state index contributed by atoms with van der Waals surface area (Å²) in [7, 11) is 0. The highest BCUT2D eigenvalue weighted by Gasteiger charge is 2.26. The molecule has 4 rings (SSSR count). The summed E-state index contributed by atoms with van der Waals surface area (Å²) >= 11 is 0. The first kappa shape index (κ1) is 17.9. The SMILES string of the molecule is CCOC(=O)C(Cc1ccccc1)c1ccnc2c(-c3ccccc3)cnn12. The van der Waals surface area contributed by atoms with E-state index in [9.17, 15) is 4.79 Å². The molecule has 2 aromatic carbocycles. The summed E-state index contributed by atoms with van der Waals surface area (Å²) in [5.74, 6) is -0.716. The molecule has 1 unspecified atom stereocenters. The third-order valence-electron chi connectivity index (χ3n) is 4.73. The van der Waals surface area contributed by atoms with Gasteiger partial charge in [-0.3, -0.25) is 4.79 Å². The monoisotopic (exact) mass is 371 g/mol. The van der Waals surface area contributed by atoms with Gasteiger partial charge in [-0.15, -0.1) is 0 Å². The zero-order valence-corrected chi connectivity index (χ0v) is 15.7. The van der Waals surface area contributed by atoms with Crippen LogP contribution in [-0.4, -0.2) is 27.2 Å². The van der Waals surface area contributed by atoms with Crippen LogP contribution in [0, 0.1) is 0 Å². The maximum Gasteiger partial charge on any atom is 0.315 e. The minimum Gasteiger partial charge on any atom is -0.465 e. The van der Waals surface area contributed by atoms with Crippen LogP contribution in [0.5, 0.6) is 0 Å². The molecule has 5 nitrogen and oxygen atoms in total. The standard InChI is InChI=1S/C23H21N3O2/c1-2-28-23(27)19(15-17-9-5-3-6-10-17)21-13-14-24-22-20(16-25-26(21)22)18-11-7-4-8-12-18/h3-14,16,19H,2,15H2,1H3. The molecule has 0 fully saturated rings. The predicted octanol–water partition coefficient (Wildman–Crippen LogP) is 4.29. The van der Waals surface area contributed by atoms with E-state index in [2.05, 4.69) is 10.1 Å². The molecule has 2 aromatic heterocycles. The van der Waals surface area contributed by atoms with Crippen molar-refractivity contribution in [2.24, 2.45) is 0 Å². The molecule has 28 heavy (non-hydrogen) atoms. The van der Waals surface area contributed by atoms with Gasteiger partial charge in [0.1, 0.15) is 5.92 Å². The summed E-state index contributed by atoms with van der Waals surface area (Å²) in [6.45, 7) is 2.16. The van der Waals surface area contributed by atoms with Gasteiger partial charge in [-0.2, -0.15) is 5.10 Å². The van der Waals surface area contributed by atoms with Crippen molar-refractivity contribution in [1.29, 1.82) is 0 Å². The average Bonchev–Trinajstić information content (AvgIpc) is 3.18. The summed E-state index contributed by atoms with van der Waals surface area (Å²) in [6, 6.07) is 21.8. The molecule has 0 aliphatic carbocycles. The number of hydrogen-bond acceptors (Lipinski definition) is 4. The summed E-state index contributed by atoms with van der Waals surface area (Å²) in [6.07, 6.45) is 4.07. The Kier molecular flexibility index (Phi) is 5.15. The van der Waals surface area contributed by atoms with Crippen molar-refractivity contribution in [2.75, 3.05) is 6.61 Å². The van der Waals surface area contributed by atoms with Crippen LogP contribution in [0.25, 0.3) is 16.8 Å². The highest BCUT2D eigenvalue weighted by atomic mass is 16.5. The summed E-state index contributed by atoms with van der Waals surface area (Å²) in [4.78, 5) is 17.3. The smallest absolute Gasteiger partial charge is 0.315 e. The number of esters is 1. The van der Waals surface area contributed by atoms with E-state index in [1.54, 1.807) is 16.9 Å².